The molecule has 0 atom stereocenters. The summed E-state index contributed by atoms with van der Waals surface area (Å²) in [7, 11) is 0. The summed E-state index contributed by atoms with van der Waals surface area (Å²) in [5, 5.41) is 0. The fourth-order valence-electron chi connectivity index (χ4n) is 1.41. The van der Waals surface area contributed by atoms with Crippen LogP contribution in [0.25, 0.3) is 0 Å². The summed E-state index contributed by atoms with van der Waals surface area (Å²) in [6, 6.07) is 8.31. The maximum absolute atomic E-state index is 12.5. The fraction of sp³-hybridized carbons (Fsp3) is 0.154. The summed E-state index contributed by atoms with van der Waals surface area (Å²) in [5.74, 6) is 0.196. The smallest absolute Gasteiger partial charge is 0.416 e. The molecule has 0 amide bonds. The molecule has 0 spiro atoms. The molecule has 0 saturated carbocycles. The Kier molecular flexibility index (Phi) is 5.18. The van der Waals surface area contributed by atoms with Crippen LogP contribution in [0.2, 0.25) is 0 Å². The van der Waals surface area contributed by atoms with E-state index in [0.29, 0.717) is 0 Å². The van der Waals surface area contributed by atoms with Crippen LogP contribution in [0.3, 0.4) is 0 Å². The van der Waals surface area contributed by atoms with Gasteiger partial charge >= 0.3 is 6.18 Å². The van der Waals surface area contributed by atoms with Crippen LogP contribution in [0.4, 0.5) is 13.2 Å². The highest BCUT2D eigenvalue weighted by Gasteiger charge is 2.30. The Morgan fingerprint density at radius 1 is 1.05 bits per heavy atom. The lowest BCUT2D eigenvalue weighted by Crippen LogP contribution is -2.05. The molecule has 102 valence electrons. The molecule has 1 aromatic carbocycles. The van der Waals surface area contributed by atoms with E-state index in [-0.39, 0.29) is 24.8 Å². The van der Waals surface area contributed by atoms with Crippen molar-refractivity contribution in [2.24, 2.45) is 0 Å². The van der Waals surface area contributed by atoms with E-state index in [0.717, 1.165) is 17.7 Å². The van der Waals surface area contributed by atoms with Crippen molar-refractivity contribution in [2.75, 3.05) is 0 Å². The minimum atomic E-state index is -4.35. The molecule has 0 saturated heterocycles. The zero-order chi connectivity index (χ0) is 13.0. The summed E-state index contributed by atoms with van der Waals surface area (Å²) >= 11 is 0. The van der Waals surface area contributed by atoms with Crippen molar-refractivity contribution >= 4 is 12.4 Å². The average Bonchev–Trinajstić information content (AvgIpc) is 2.37. The highest BCUT2D eigenvalue weighted by Crippen LogP contribution is 2.31. The van der Waals surface area contributed by atoms with Crippen LogP contribution < -0.4 is 4.74 Å². The number of alkyl halides is 3. The Balaban J connectivity index is 0.00000180. The predicted molar refractivity (Wildman–Crippen MR) is 67.3 cm³/mol. The number of halogens is 4. The second-order valence-electron chi connectivity index (χ2n) is 3.67. The van der Waals surface area contributed by atoms with E-state index in [1.165, 1.54) is 12.1 Å². The lowest BCUT2D eigenvalue weighted by Gasteiger charge is -2.10. The summed E-state index contributed by atoms with van der Waals surface area (Å²) in [6.07, 6.45) is -1.15. The molecule has 2 nitrogen and oxygen atoms in total. The third-order valence-corrected chi connectivity index (χ3v) is 2.32. The quantitative estimate of drug-likeness (QED) is 0.848. The molecule has 0 aliphatic carbocycles. The van der Waals surface area contributed by atoms with Crippen LogP contribution in [0.1, 0.15) is 11.1 Å². The van der Waals surface area contributed by atoms with Gasteiger partial charge in [0, 0.05) is 12.4 Å². The van der Waals surface area contributed by atoms with Crippen molar-refractivity contribution in [3.05, 3.63) is 59.9 Å². The van der Waals surface area contributed by atoms with Gasteiger partial charge < -0.3 is 4.74 Å². The molecule has 0 radical (unpaired) electrons. The van der Waals surface area contributed by atoms with Crippen LogP contribution in [-0.2, 0) is 12.8 Å². The number of aromatic nitrogens is 1. The van der Waals surface area contributed by atoms with Crippen molar-refractivity contribution in [1.29, 1.82) is 0 Å². The summed E-state index contributed by atoms with van der Waals surface area (Å²) in [5.41, 5.74) is 0.136. The molecular formula is C13H11ClF3NO. The topological polar surface area (TPSA) is 22.1 Å². The maximum Gasteiger partial charge on any atom is 0.416 e. The molecule has 0 bridgehead atoms. The summed E-state index contributed by atoms with van der Waals surface area (Å²) in [4.78, 5) is 3.84. The molecule has 6 heteroatoms. The third-order valence-electron chi connectivity index (χ3n) is 2.32. The average molecular weight is 290 g/mol. The van der Waals surface area contributed by atoms with E-state index in [1.54, 1.807) is 24.5 Å². The first-order chi connectivity index (χ1) is 8.55. The standard InChI is InChI=1S/C13H10F3NO.ClH/c14-13(15,16)11-2-1-3-12(8-11)18-9-10-4-6-17-7-5-10;/h1-8H,9H2;1H. The first-order valence-corrected chi connectivity index (χ1v) is 5.25. The van der Waals surface area contributed by atoms with Gasteiger partial charge in [-0.1, -0.05) is 6.07 Å². The molecule has 0 N–H and O–H groups in total. The molecule has 19 heavy (non-hydrogen) atoms. The minimum Gasteiger partial charge on any atom is -0.489 e. The molecule has 1 heterocycles. The van der Waals surface area contributed by atoms with Crippen molar-refractivity contribution in [3.8, 4) is 5.75 Å². The van der Waals surface area contributed by atoms with Gasteiger partial charge in [-0.3, -0.25) is 4.98 Å². The molecular weight excluding hydrogens is 279 g/mol. The number of benzene rings is 1. The minimum absolute atomic E-state index is 0. The molecule has 1 aromatic heterocycles. The van der Waals surface area contributed by atoms with Gasteiger partial charge in [-0.15, -0.1) is 12.4 Å². The molecule has 2 rings (SSSR count). The van der Waals surface area contributed by atoms with Gasteiger partial charge in [-0.2, -0.15) is 13.2 Å². The van der Waals surface area contributed by atoms with Gasteiger partial charge in [-0.25, -0.2) is 0 Å². The number of rotatable bonds is 3. The third kappa shape index (κ3) is 4.44. The van der Waals surface area contributed by atoms with Crippen LogP contribution in [0.15, 0.2) is 48.8 Å². The fourth-order valence-corrected chi connectivity index (χ4v) is 1.41. The van der Waals surface area contributed by atoms with E-state index in [4.69, 9.17) is 4.74 Å². The van der Waals surface area contributed by atoms with Gasteiger partial charge in [0.05, 0.1) is 5.56 Å². The van der Waals surface area contributed by atoms with Crippen LogP contribution in [-0.4, -0.2) is 4.98 Å². The first kappa shape index (κ1) is 15.3. The Labute approximate surface area is 114 Å². The Morgan fingerprint density at radius 3 is 2.37 bits per heavy atom. The summed E-state index contributed by atoms with van der Waals surface area (Å²) in [6.45, 7) is 0.212. The van der Waals surface area contributed by atoms with Gasteiger partial charge in [0.1, 0.15) is 12.4 Å². The maximum atomic E-state index is 12.5. The molecule has 0 aliphatic heterocycles. The largest absolute Gasteiger partial charge is 0.489 e. The van der Waals surface area contributed by atoms with Gasteiger partial charge in [-0.05, 0) is 35.9 Å². The Bertz CT molecular complexity index is 517. The first-order valence-electron chi connectivity index (χ1n) is 5.25. The van der Waals surface area contributed by atoms with E-state index in [2.05, 4.69) is 4.98 Å². The molecule has 2 aromatic rings. The van der Waals surface area contributed by atoms with Crippen LogP contribution >= 0.6 is 12.4 Å². The van der Waals surface area contributed by atoms with E-state index < -0.39 is 11.7 Å². The molecule has 0 fully saturated rings. The van der Waals surface area contributed by atoms with Crippen LogP contribution in [0.5, 0.6) is 5.75 Å². The van der Waals surface area contributed by atoms with Crippen LogP contribution in [0, 0.1) is 0 Å². The monoisotopic (exact) mass is 289 g/mol. The number of nitrogens with zero attached hydrogens (tertiary/aromatic N) is 1. The van der Waals surface area contributed by atoms with Crippen molar-refractivity contribution in [2.45, 2.75) is 12.8 Å². The van der Waals surface area contributed by atoms with Gasteiger partial charge in [0.25, 0.3) is 0 Å². The zero-order valence-electron chi connectivity index (χ0n) is 9.72. The second kappa shape index (κ2) is 6.43. The highest BCUT2D eigenvalue weighted by molar-refractivity contribution is 5.85. The number of hydrogen-bond acceptors (Lipinski definition) is 2. The van der Waals surface area contributed by atoms with Crippen molar-refractivity contribution in [1.82, 2.24) is 4.98 Å². The molecule has 0 aliphatic rings. The van der Waals surface area contributed by atoms with Gasteiger partial charge in [0.15, 0.2) is 0 Å². The van der Waals surface area contributed by atoms with Gasteiger partial charge in [0.2, 0.25) is 0 Å². The van der Waals surface area contributed by atoms with Crippen molar-refractivity contribution < 1.29 is 17.9 Å². The SMILES string of the molecule is Cl.FC(F)(F)c1cccc(OCc2ccncc2)c1. The number of ether oxygens (including phenoxy) is 1. The second-order valence-corrected chi connectivity index (χ2v) is 3.67. The number of pyridine rings is 1. The summed E-state index contributed by atoms with van der Waals surface area (Å²) < 4.78 is 42.7. The normalized spacial score (nSPS) is 10.7. The Morgan fingerprint density at radius 2 is 1.74 bits per heavy atom. The van der Waals surface area contributed by atoms with E-state index in [1.807, 2.05) is 0 Å². The van der Waals surface area contributed by atoms with Crippen molar-refractivity contribution in [3.63, 3.8) is 0 Å². The lowest BCUT2D eigenvalue weighted by atomic mass is 10.2. The zero-order valence-corrected chi connectivity index (χ0v) is 10.5. The van der Waals surface area contributed by atoms with E-state index >= 15 is 0 Å². The highest BCUT2D eigenvalue weighted by atomic mass is 35.5. The number of hydrogen-bond donors (Lipinski definition) is 0. The Hall–Kier alpha value is -1.75. The lowest BCUT2D eigenvalue weighted by molar-refractivity contribution is -0.137. The molecule has 0 unspecified atom stereocenters. The van der Waals surface area contributed by atoms with E-state index in [9.17, 15) is 13.2 Å². The predicted octanol–water partition coefficient (Wildman–Crippen LogP) is 4.10.